The first kappa shape index (κ1) is 10.0. The maximum absolute atomic E-state index is 2.17. The largest absolute Gasteiger partial charge is 0.160 e. The zero-order chi connectivity index (χ0) is 7.82. The van der Waals surface area contributed by atoms with E-state index in [4.69, 9.17) is 0 Å². The fourth-order valence-corrected chi connectivity index (χ4v) is 2.03. The van der Waals surface area contributed by atoms with Crippen LogP contribution in [-0.2, 0) is 5.75 Å². The lowest BCUT2D eigenvalue weighted by Gasteiger charge is -1.86. The van der Waals surface area contributed by atoms with E-state index in [1.165, 1.54) is 4.88 Å². The molecule has 0 amide bonds. The third kappa shape index (κ3) is 3.96. The molecule has 0 aliphatic rings. The van der Waals surface area contributed by atoms with Crippen LogP contribution >= 0.6 is 23.1 Å². The highest BCUT2D eigenvalue weighted by Gasteiger charge is 1.87. The Morgan fingerprint density at radius 3 is 2.60 bits per heavy atom. The quantitative estimate of drug-likeness (QED) is 0.659. The second-order valence-corrected chi connectivity index (χ2v) is 3.41. The second kappa shape index (κ2) is 7.16. The van der Waals surface area contributed by atoms with Gasteiger partial charge < -0.3 is 0 Å². The Hall–Kier alpha value is 0.0500. The maximum Gasteiger partial charge on any atom is 0.0276 e. The molecule has 0 saturated heterocycles. The van der Waals surface area contributed by atoms with Crippen LogP contribution in [-0.4, -0.2) is 6.26 Å². The average Bonchev–Trinajstić information content (AvgIpc) is 2.46. The first-order valence-electron chi connectivity index (χ1n) is 3.45. The SMILES string of the molecule is CC.CSCc1cccs1. The third-order valence-corrected chi connectivity index (χ3v) is 2.53. The standard InChI is InChI=1S/C6H8S2.C2H6/c1-7-5-6-3-2-4-8-6;1-2/h2-4H,5H2,1H3;1-2H3. The summed E-state index contributed by atoms with van der Waals surface area (Å²) in [6.45, 7) is 4.00. The van der Waals surface area contributed by atoms with Gasteiger partial charge in [0.2, 0.25) is 0 Å². The molecule has 0 spiro atoms. The van der Waals surface area contributed by atoms with Crippen molar-refractivity contribution in [2.75, 3.05) is 6.26 Å². The van der Waals surface area contributed by atoms with Crippen molar-refractivity contribution in [3.8, 4) is 0 Å². The van der Waals surface area contributed by atoms with E-state index in [1.807, 2.05) is 36.9 Å². The number of rotatable bonds is 2. The van der Waals surface area contributed by atoms with Crippen molar-refractivity contribution in [1.82, 2.24) is 0 Å². The maximum atomic E-state index is 2.17. The lowest BCUT2D eigenvalue weighted by molar-refractivity contribution is 1.50. The van der Waals surface area contributed by atoms with E-state index in [9.17, 15) is 0 Å². The number of hydrogen-bond acceptors (Lipinski definition) is 2. The topological polar surface area (TPSA) is 0 Å². The molecule has 0 aliphatic carbocycles. The molecule has 0 nitrogen and oxygen atoms in total. The summed E-state index contributed by atoms with van der Waals surface area (Å²) >= 11 is 3.70. The lowest BCUT2D eigenvalue weighted by Crippen LogP contribution is -1.65. The van der Waals surface area contributed by atoms with Gasteiger partial charge in [-0.1, -0.05) is 19.9 Å². The zero-order valence-electron chi connectivity index (χ0n) is 6.76. The summed E-state index contributed by atoms with van der Waals surface area (Å²) in [5, 5.41) is 2.12. The van der Waals surface area contributed by atoms with Crippen molar-refractivity contribution < 1.29 is 0 Å². The van der Waals surface area contributed by atoms with E-state index < -0.39 is 0 Å². The molecular formula is C8H14S2. The molecule has 1 rings (SSSR count). The number of thioether (sulfide) groups is 1. The van der Waals surface area contributed by atoms with Crippen molar-refractivity contribution >= 4 is 23.1 Å². The molecule has 1 aromatic heterocycles. The molecule has 58 valence electrons. The molecule has 0 atom stereocenters. The second-order valence-electron chi connectivity index (χ2n) is 1.51. The Bertz CT molecular complexity index is 133. The molecule has 0 aliphatic heterocycles. The first-order valence-corrected chi connectivity index (χ1v) is 5.72. The van der Waals surface area contributed by atoms with Crippen LogP contribution in [0.15, 0.2) is 17.5 Å². The smallest absolute Gasteiger partial charge is 0.0276 e. The van der Waals surface area contributed by atoms with Gasteiger partial charge in [0.15, 0.2) is 0 Å². The van der Waals surface area contributed by atoms with Gasteiger partial charge in [0.25, 0.3) is 0 Å². The minimum Gasteiger partial charge on any atom is -0.160 e. The van der Waals surface area contributed by atoms with Crippen LogP contribution in [0.3, 0.4) is 0 Å². The Labute approximate surface area is 71.7 Å². The van der Waals surface area contributed by atoms with Crippen LogP contribution in [0.25, 0.3) is 0 Å². The van der Waals surface area contributed by atoms with Gasteiger partial charge in [-0.3, -0.25) is 0 Å². The van der Waals surface area contributed by atoms with Crippen molar-refractivity contribution in [3.63, 3.8) is 0 Å². The monoisotopic (exact) mass is 174 g/mol. The predicted molar refractivity (Wildman–Crippen MR) is 52.9 cm³/mol. The fourth-order valence-electron chi connectivity index (χ4n) is 0.537. The highest BCUT2D eigenvalue weighted by atomic mass is 32.2. The minimum atomic E-state index is 1.16. The molecule has 0 radical (unpaired) electrons. The van der Waals surface area contributed by atoms with Crippen LogP contribution in [0, 0.1) is 0 Å². The summed E-state index contributed by atoms with van der Waals surface area (Å²) in [5.41, 5.74) is 0. The highest BCUT2D eigenvalue weighted by molar-refractivity contribution is 7.97. The van der Waals surface area contributed by atoms with E-state index in [1.54, 1.807) is 0 Å². The molecule has 10 heavy (non-hydrogen) atoms. The van der Waals surface area contributed by atoms with Crippen LogP contribution in [0.5, 0.6) is 0 Å². The summed E-state index contributed by atoms with van der Waals surface area (Å²) < 4.78 is 0. The molecule has 0 fully saturated rings. The first-order chi connectivity index (χ1) is 4.93. The van der Waals surface area contributed by atoms with Gasteiger partial charge in [0.1, 0.15) is 0 Å². The Morgan fingerprint density at radius 2 is 2.20 bits per heavy atom. The molecule has 1 aromatic rings. The van der Waals surface area contributed by atoms with E-state index in [2.05, 4.69) is 23.8 Å². The van der Waals surface area contributed by atoms with Gasteiger partial charge >= 0.3 is 0 Å². The molecule has 2 heteroatoms. The summed E-state index contributed by atoms with van der Waals surface area (Å²) in [4.78, 5) is 1.47. The van der Waals surface area contributed by atoms with Crippen molar-refractivity contribution in [1.29, 1.82) is 0 Å². The van der Waals surface area contributed by atoms with Gasteiger partial charge in [0, 0.05) is 10.6 Å². The highest BCUT2D eigenvalue weighted by Crippen LogP contribution is 2.13. The Balaban J connectivity index is 0.000000371. The van der Waals surface area contributed by atoms with E-state index in [0.29, 0.717) is 0 Å². The van der Waals surface area contributed by atoms with Gasteiger partial charge in [0.05, 0.1) is 0 Å². The van der Waals surface area contributed by atoms with Gasteiger partial charge in [-0.2, -0.15) is 11.8 Å². The van der Waals surface area contributed by atoms with Crippen LogP contribution in [0.4, 0.5) is 0 Å². The zero-order valence-corrected chi connectivity index (χ0v) is 8.39. The van der Waals surface area contributed by atoms with Crippen LogP contribution < -0.4 is 0 Å². The molecule has 0 bridgehead atoms. The van der Waals surface area contributed by atoms with Gasteiger partial charge in [-0.25, -0.2) is 0 Å². The van der Waals surface area contributed by atoms with Crippen LogP contribution in [0.1, 0.15) is 18.7 Å². The van der Waals surface area contributed by atoms with E-state index in [0.717, 1.165) is 5.75 Å². The summed E-state index contributed by atoms with van der Waals surface area (Å²) in [6, 6.07) is 4.26. The third-order valence-electron chi connectivity index (χ3n) is 0.867. The summed E-state index contributed by atoms with van der Waals surface area (Å²) in [7, 11) is 0. The lowest BCUT2D eigenvalue weighted by atomic mass is 10.5. The Kier molecular flexibility index (Phi) is 7.20. The number of thiophene rings is 1. The van der Waals surface area contributed by atoms with Crippen LogP contribution in [0.2, 0.25) is 0 Å². The van der Waals surface area contributed by atoms with Crippen molar-refractivity contribution in [2.24, 2.45) is 0 Å². The average molecular weight is 174 g/mol. The summed E-state index contributed by atoms with van der Waals surface area (Å²) in [5.74, 6) is 1.16. The minimum absolute atomic E-state index is 1.16. The molecule has 1 heterocycles. The van der Waals surface area contributed by atoms with Crippen molar-refractivity contribution in [3.05, 3.63) is 22.4 Å². The molecule has 0 N–H and O–H groups in total. The molecule has 0 unspecified atom stereocenters. The van der Waals surface area contributed by atoms with Gasteiger partial charge in [-0.05, 0) is 17.7 Å². The molecular weight excluding hydrogens is 160 g/mol. The predicted octanol–water partition coefficient (Wildman–Crippen LogP) is 3.64. The molecule has 0 saturated carbocycles. The van der Waals surface area contributed by atoms with E-state index >= 15 is 0 Å². The molecule has 0 aromatic carbocycles. The van der Waals surface area contributed by atoms with Crippen molar-refractivity contribution in [2.45, 2.75) is 19.6 Å². The van der Waals surface area contributed by atoms with Gasteiger partial charge in [-0.15, -0.1) is 11.3 Å². The summed E-state index contributed by atoms with van der Waals surface area (Å²) in [6.07, 6.45) is 2.12. The normalized spacial score (nSPS) is 8.30. The number of hydrogen-bond donors (Lipinski definition) is 0. The Morgan fingerprint density at radius 1 is 1.50 bits per heavy atom. The van der Waals surface area contributed by atoms with E-state index in [-0.39, 0.29) is 0 Å². The fraction of sp³-hybridized carbons (Fsp3) is 0.500.